The van der Waals surface area contributed by atoms with Crippen molar-refractivity contribution >= 4 is 5.69 Å². The van der Waals surface area contributed by atoms with Crippen molar-refractivity contribution in [3.8, 4) is 0 Å². The molecule has 0 fully saturated rings. The fraction of sp³-hybridized carbons (Fsp3) is 0.538. The van der Waals surface area contributed by atoms with Crippen molar-refractivity contribution < 1.29 is 22.7 Å². The van der Waals surface area contributed by atoms with Gasteiger partial charge in [-0.2, -0.15) is 13.2 Å². The maximum Gasteiger partial charge on any atom is 0.405 e. The van der Waals surface area contributed by atoms with Gasteiger partial charge in [0.05, 0.1) is 11.8 Å². The molecule has 0 aliphatic rings. The van der Waals surface area contributed by atoms with E-state index in [1.165, 1.54) is 19.1 Å². The van der Waals surface area contributed by atoms with Crippen molar-refractivity contribution in [1.29, 1.82) is 0 Å². The molecule has 1 N–H and O–H groups in total. The van der Waals surface area contributed by atoms with Crippen molar-refractivity contribution in [1.82, 2.24) is 0 Å². The summed E-state index contributed by atoms with van der Waals surface area (Å²) in [5, 5.41) is 9.58. The molecule has 0 bridgehead atoms. The maximum absolute atomic E-state index is 13.9. The standard InChI is InChI=1S/C13H17F4NO/c1-8(2)18(7-13(15,16)17)12-10(9(3)19)5-4-6-11(12)14/h4-6,8-9,19H,7H2,1-3H3/t9-/m0/s1. The van der Waals surface area contributed by atoms with Crippen LogP contribution in [0.15, 0.2) is 18.2 Å². The van der Waals surface area contributed by atoms with E-state index < -0.39 is 30.7 Å². The Morgan fingerprint density at radius 3 is 2.21 bits per heavy atom. The van der Waals surface area contributed by atoms with Gasteiger partial charge in [-0.3, -0.25) is 0 Å². The van der Waals surface area contributed by atoms with Crippen molar-refractivity contribution in [2.45, 2.75) is 39.1 Å². The van der Waals surface area contributed by atoms with Gasteiger partial charge in [0.1, 0.15) is 12.4 Å². The molecule has 0 saturated carbocycles. The molecule has 0 heterocycles. The molecule has 0 amide bonds. The number of aliphatic hydroxyl groups excluding tert-OH is 1. The lowest BCUT2D eigenvalue weighted by atomic mass is 10.1. The van der Waals surface area contributed by atoms with Crippen LogP contribution in [0, 0.1) is 5.82 Å². The van der Waals surface area contributed by atoms with Crippen LogP contribution in [0.4, 0.5) is 23.2 Å². The van der Waals surface area contributed by atoms with Gasteiger partial charge < -0.3 is 10.0 Å². The first-order valence-electron chi connectivity index (χ1n) is 5.93. The van der Waals surface area contributed by atoms with Crippen molar-refractivity contribution in [3.05, 3.63) is 29.6 Å². The smallest absolute Gasteiger partial charge is 0.389 e. The fourth-order valence-corrected chi connectivity index (χ4v) is 1.89. The molecule has 108 valence electrons. The van der Waals surface area contributed by atoms with Crippen LogP contribution >= 0.6 is 0 Å². The van der Waals surface area contributed by atoms with Gasteiger partial charge in [0.2, 0.25) is 0 Å². The van der Waals surface area contributed by atoms with E-state index >= 15 is 0 Å². The molecule has 0 aliphatic heterocycles. The molecular formula is C13H17F4NO. The fourth-order valence-electron chi connectivity index (χ4n) is 1.89. The van der Waals surface area contributed by atoms with E-state index in [2.05, 4.69) is 0 Å². The Morgan fingerprint density at radius 1 is 1.21 bits per heavy atom. The minimum absolute atomic E-state index is 0.151. The van der Waals surface area contributed by atoms with Crippen LogP contribution < -0.4 is 4.90 Å². The van der Waals surface area contributed by atoms with Crippen LogP contribution in [0.2, 0.25) is 0 Å². The number of anilines is 1. The summed E-state index contributed by atoms with van der Waals surface area (Å²) in [5.41, 5.74) is -0.0391. The van der Waals surface area contributed by atoms with Crippen LogP contribution in [0.5, 0.6) is 0 Å². The van der Waals surface area contributed by atoms with E-state index in [0.717, 1.165) is 11.0 Å². The molecule has 2 nitrogen and oxygen atoms in total. The van der Waals surface area contributed by atoms with Gasteiger partial charge in [0, 0.05) is 11.6 Å². The second kappa shape index (κ2) is 5.77. The first kappa shape index (κ1) is 15.8. The summed E-state index contributed by atoms with van der Waals surface area (Å²) >= 11 is 0. The maximum atomic E-state index is 13.9. The SMILES string of the molecule is CC(C)N(CC(F)(F)F)c1c(F)cccc1[C@H](C)O. The van der Waals surface area contributed by atoms with Crippen LogP contribution in [-0.2, 0) is 0 Å². The Kier molecular flexibility index (Phi) is 4.79. The summed E-state index contributed by atoms with van der Waals surface area (Å²) in [6.07, 6.45) is -5.48. The number of hydrogen-bond acceptors (Lipinski definition) is 2. The zero-order valence-electron chi connectivity index (χ0n) is 11.0. The highest BCUT2D eigenvalue weighted by Gasteiger charge is 2.34. The number of hydrogen-bond donors (Lipinski definition) is 1. The second-order valence-corrected chi connectivity index (χ2v) is 4.69. The summed E-state index contributed by atoms with van der Waals surface area (Å²) < 4.78 is 51.6. The molecule has 0 radical (unpaired) electrons. The van der Waals surface area contributed by atoms with Crippen LogP contribution in [0.3, 0.4) is 0 Å². The lowest BCUT2D eigenvalue weighted by molar-refractivity contribution is -0.120. The molecule has 0 aromatic heterocycles. The Hall–Kier alpha value is -1.30. The van der Waals surface area contributed by atoms with E-state index in [-0.39, 0.29) is 11.3 Å². The molecule has 0 unspecified atom stereocenters. The Labute approximate surface area is 109 Å². The third-order valence-electron chi connectivity index (χ3n) is 2.73. The molecule has 1 atom stereocenters. The predicted octanol–water partition coefficient (Wildman–Crippen LogP) is 3.66. The molecule has 0 aliphatic carbocycles. The highest BCUT2D eigenvalue weighted by molar-refractivity contribution is 5.56. The zero-order valence-corrected chi connectivity index (χ0v) is 11.0. The number of halogens is 4. The van der Waals surface area contributed by atoms with Gasteiger partial charge in [-0.15, -0.1) is 0 Å². The normalized spacial score (nSPS) is 13.7. The number of nitrogens with zero attached hydrogens (tertiary/aromatic N) is 1. The summed E-state index contributed by atoms with van der Waals surface area (Å²) in [5.74, 6) is -0.767. The van der Waals surface area contributed by atoms with Crippen LogP contribution in [-0.4, -0.2) is 23.9 Å². The van der Waals surface area contributed by atoms with E-state index in [0.29, 0.717) is 0 Å². The molecule has 1 aromatic carbocycles. The first-order chi connectivity index (χ1) is 8.63. The third kappa shape index (κ3) is 4.09. The zero-order chi connectivity index (χ0) is 14.8. The molecule has 1 aromatic rings. The number of para-hydroxylation sites is 1. The van der Waals surface area contributed by atoms with Crippen molar-refractivity contribution in [2.24, 2.45) is 0 Å². The summed E-state index contributed by atoms with van der Waals surface area (Å²) in [7, 11) is 0. The molecule has 6 heteroatoms. The largest absolute Gasteiger partial charge is 0.405 e. The molecular weight excluding hydrogens is 262 g/mol. The lowest BCUT2D eigenvalue weighted by Gasteiger charge is -2.32. The number of alkyl halides is 3. The Morgan fingerprint density at radius 2 is 1.79 bits per heavy atom. The second-order valence-electron chi connectivity index (χ2n) is 4.69. The van der Waals surface area contributed by atoms with Gasteiger partial charge in [0.25, 0.3) is 0 Å². The summed E-state index contributed by atoms with van der Waals surface area (Å²) in [6.45, 7) is 3.23. The summed E-state index contributed by atoms with van der Waals surface area (Å²) in [6, 6.07) is 3.34. The minimum Gasteiger partial charge on any atom is -0.389 e. The average molecular weight is 279 g/mol. The van der Waals surface area contributed by atoms with Crippen molar-refractivity contribution in [3.63, 3.8) is 0 Å². The van der Waals surface area contributed by atoms with Gasteiger partial charge in [-0.1, -0.05) is 12.1 Å². The van der Waals surface area contributed by atoms with Gasteiger partial charge in [-0.25, -0.2) is 4.39 Å². The third-order valence-corrected chi connectivity index (χ3v) is 2.73. The van der Waals surface area contributed by atoms with E-state index in [1.807, 2.05) is 0 Å². The molecule has 19 heavy (non-hydrogen) atoms. The molecule has 1 rings (SSSR count). The van der Waals surface area contributed by atoms with E-state index in [1.54, 1.807) is 13.8 Å². The highest BCUT2D eigenvalue weighted by Crippen LogP contribution is 2.32. The minimum atomic E-state index is -4.44. The Balaban J connectivity index is 3.30. The van der Waals surface area contributed by atoms with E-state index in [9.17, 15) is 22.7 Å². The first-order valence-corrected chi connectivity index (χ1v) is 5.93. The average Bonchev–Trinajstić information content (AvgIpc) is 2.24. The highest BCUT2D eigenvalue weighted by atomic mass is 19.4. The monoisotopic (exact) mass is 279 g/mol. The lowest BCUT2D eigenvalue weighted by Crippen LogP contribution is -2.40. The quantitative estimate of drug-likeness (QED) is 0.850. The van der Waals surface area contributed by atoms with Gasteiger partial charge in [-0.05, 0) is 26.8 Å². The number of benzene rings is 1. The van der Waals surface area contributed by atoms with Crippen molar-refractivity contribution in [2.75, 3.05) is 11.4 Å². The van der Waals surface area contributed by atoms with Gasteiger partial charge >= 0.3 is 6.18 Å². The van der Waals surface area contributed by atoms with Gasteiger partial charge in [0.15, 0.2) is 0 Å². The summed E-state index contributed by atoms with van der Waals surface area (Å²) in [4.78, 5) is 0.914. The molecule has 0 saturated heterocycles. The molecule has 0 spiro atoms. The topological polar surface area (TPSA) is 23.5 Å². The predicted molar refractivity (Wildman–Crippen MR) is 65.6 cm³/mol. The van der Waals surface area contributed by atoms with Crippen LogP contribution in [0.25, 0.3) is 0 Å². The van der Waals surface area contributed by atoms with Crippen LogP contribution in [0.1, 0.15) is 32.4 Å². The van der Waals surface area contributed by atoms with E-state index in [4.69, 9.17) is 0 Å². The number of rotatable bonds is 4. The Bertz CT molecular complexity index is 429. The number of aliphatic hydroxyl groups is 1.